The molecular weight excluding hydrogens is 164 g/mol. The summed E-state index contributed by atoms with van der Waals surface area (Å²) in [4.78, 5) is 0. The van der Waals surface area contributed by atoms with Crippen LogP contribution in [0.2, 0.25) is 0 Å². The Kier molecular flexibility index (Phi) is 132. The summed E-state index contributed by atoms with van der Waals surface area (Å²) in [6.07, 6.45) is 0. The Hall–Kier alpha value is 1.27. The fraction of sp³-hybridized carbons (Fsp3) is 0. The van der Waals surface area contributed by atoms with E-state index in [1.165, 1.54) is 0 Å². The van der Waals surface area contributed by atoms with Gasteiger partial charge in [0.05, 0.1) is 0 Å². The average molecular weight is 173 g/mol. The molecule has 4 heteroatoms. The van der Waals surface area contributed by atoms with Crippen molar-refractivity contribution in [2.45, 2.75) is 0 Å². The van der Waals surface area contributed by atoms with E-state index in [-0.39, 0.29) is 28.6 Å². The molecule has 0 rings (SSSR count). The van der Waals surface area contributed by atoms with Gasteiger partial charge in [0.1, 0.15) is 9.55 Å². The van der Waals surface area contributed by atoms with Crippen LogP contribution < -0.4 is 0 Å². The van der Waals surface area contributed by atoms with Gasteiger partial charge in [-0.2, -0.15) is 11.1 Å². The first-order valence-corrected chi connectivity index (χ1v) is 3.40. The summed E-state index contributed by atoms with van der Waals surface area (Å²) in [7, 11) is 0.778. The maximum atomic E-state index is 4.78. The van der Waals surface area contributed by atoms with Crippen LogP contribution in [0, 0.1) is 0 Å². The second-order valence-electron chi connectivity index (χ2n) is 0. The first kappa shape index (κ1) is 18.7. The zero-order valence-electron chi connectivity index (χ0n) is 3.38. The van der Waals surface area contributed by atoms with Crippen molar-refractivity contribution in [3.63, 3.8) is 0 Å². The molecular formula is H9ClGeSi2. The van der Waals surface area contributed by atoms with Crippen LogP contribution in [-0.2, 0) is 0 Å². The minimum Gasteiger partial charge on any atom is -0.181 e. The van der Waals surface area contributed by atoms with Crippen LogP contribution in [0.5, 0.6) is 0 Å². The van der Waals surface area contributed by atoms with E-state index in [1.807, 2.05) is 0 Å². The van der Waals surface area contributed by atoms with Crippen molar-refractivity contribution in [1.29, 1.82) is 0 Å². The predicted molar refractivity (Wildman–Crippen MR) is 35.7 cm³/mol. The Bertz CT molecular complexity index is 6.00. The van der Waals surface area contributed by atoms with E-state index in [2.05, 4.69) is 0 Å². The van der Waals surface area contributed by atoms with Crippen molar-refractivity contribution in [1.82, 2.24) is 0 Å². The van der Waals surface area contributed by atoms with Gasteiger partial charge in [-0.1, -0.05) is 0 Å². The maximum absolute atomic E-state index is 4.78. The number of hydrogen-bond donors (Lipinski definition) is 0. The maximum Gasteiger partial charge on any atom is 0.109 e. The Balaban J connectivity index is -0.00000000500. The first-order valence-electron chi connectivity index (χ1n) is 0.378. The van der Waals surface area contributed by atoms with Gasteiger partial charge in [0.25, 0.3) is 0 Å². The molecule has 0 saturated heterocycles. The average Bonchev–Trinajstić information content (AvgIpc) is 1.00. The van der Waals surface area contributed by atoms with Crippen molar-refractivity contribution in [2.75, 3.05) is 0 Å². The third kappa shape index (κ3) is 10.5. The fourth-order valence-corrected chi connectivity index (χ4v) is 0. The summed E-state index contributed by atoms with van der Waals surface area (Å²) in [5.41, 5.74) is 0. The van der Waals surface area contributed by atoms with Crippen LogP contribution in [0.4, 0.5) is 0 Å². The summed E-state index contributed by atoms with van der Waals surface area (Å²) in [6.45, 7) is 0. The summed E-state index contributed by atoms with van der Waals surface area (Å²) in [5, 5.41) is 0. The van der Waals surface area contributed by atoms with Gasteiger partial charge in [-0.05, 0) is 11.0 Å². The van der Waals surface area contributed by atoms with Crippen molar-refractivity contribution in [3.05, 3.63) is 0 Å². The van der Waals surface area contributed by atoms with Crippen molar-refractivity contribution < 1.29 is 0 Å². The van der Waals surface area contributed by atoms with Gasteiger partial charge in [0, 0.05) is 0 Å². The van der Waals surface area contributed by atoms with E-state index >= 15 is 0 Å². The molecule has 4 heavy (non-hydrogen) atoms. The molecule has 0 aliphatic rings. The molecule has 0 nitrogen and oxygen atoms in total. The zero-order chi connectivity index (χ0) is 2.00. The number of halogens is 1. The van der Waals surface area contributed by atoms with Gasteiger partial charge >= 0.3 is 17.6 Å². The van der Waals surface area contributed by atoms with Gasteiger partial charge in [0.2, 0.25) is 0 Å². The summed E-state index contributed by atoms with van der Waals surface area (Å²) < 4.78 is 0. The molecule has 0 N–H and O–H groups in total. The number of hydrogen-bond acceptors (Lipinski definition) is 0. The second-order valence-corrected chi connectivity index (χ2v) is 0. The Morgan fingerprint density at radius 3 is 1.25 bits per heavy atom. The third-order valence-corrected chi connectivity index (χ3v) is 0. The van der Waals surface area contributed by atoms with Gasteiger partial charge in [-0.3, -0.25) is 0 Å². The SMILES string of the molecule is [GeH3].[SiH3].[SiH3]Cl. The Morgan fingerprint density at radius 1 is 1.25 bits per heavy atom. The molecule has 0 aromatic heterocycles. The normalized spacial score (nSPS) is 2.25. The summed E-state index contributed by atoms with van der Waals surface area (Å²) >= 11 is 4.78. The molecule has 0 heterocycles. The van der Waals surface area contributed by atoms with Crippen LogP contribution >= 0.6 is 11.1 Å². The molecule has 0 aliphatic heterocycles. The van der Waals surface area contributed by atoms with E-state index in [0.717, 1.165) is 9.55 Å². The monoisotopic (exact) mass is 174 g/mol. The van der Waals surface area contributed by atoms with Crippen LogP contribution in [0.15, 0.2) is 0 Å². The fourth-order valence-electron chi connectivity index (χ4n) is 0. The second kappa shape index (κ2) is 28.4. The standard InChI is InChI=1S/ClH3Si.GeH3.H3Si/c1-2;;/h2H3;2*1H3. The molecule has 0 aliphatic carbocycles. The van der Waals surface area contributed by atoms with Crippen LogP contribution in [0.25, 0.3) is 0 Å². The van der Waals surface area contributed by atoms with Gasteiger partial charge in [-0.25, -0.2) is 0 Å². The van der Waals surface area contributed by atoms with Crippen LogP contribution in [0.3, 0.4) is 0 Å². The Labute approximate surface area is 49.4 Å². The molecule has 0 atom stereocenters. The molecule has 28 valence electrons. The van der Waals surface area contributed by atoms with E-state index in [0.29, 0.717) is 0 Å². The first-order chi connectivity index (χ1) is 1.00. The topological polar surface area (TPSA) is 0 Å². The van der Waals surface area contributed by atoms with Gasteiger partial charge in [0.15, 0.2) is 0 Å². The van der Waals surface area contributed by atoms with E-state index < -0.39 is 0 Å². The molecule has 0 unspecified atom stereocenters. The third-order valence-electron chi connectivity index (χ3n) is 0. The largest absolute Gasteiger partial charge is 0.181 e. The van der Waals surface area contributed by atoms with Crippen molar-refractivity contribution in [3.8, 4) is 0 Å². The molecule has 0 saturated carbocycles. The van der Waals surface area contributed by atoms with Crippen molar-refractivity contribution in [2.24, 2.45) is 0 Å². The predicted octanol–water partition coefficient (Wildman–Crippen LogP) is -2.86. The van der Waals surface area contributed by atoms with E-state index in [1.54, 1.807) is 0 Å². The molecule has 0 aromatic carbocycles. The zero-order valence-corrected chi connectivity index (χ0v) is 12.3. The number of rotatable bonds is 0. The van der Waals surface area contributed by atoms with Gasteiger partial charge < -0.3 is 0 Å². The van der Waals surface area contributed by atoms with Crippen molar-refractivity contribution >= 4 is 49.2 Å². The molecule has 2 radical (unpaired) electrons. The van der Waals surface area contributed by atoms with Gasteiger partial charge in [-0.15, -0.1) is 0 Å². The quantitative estimate of drug-likeness (QED) is 0.273. The minimum absolute atomic E-state index is 0. The molecule has 0 amide bonds. The molecule has 0 aromatic rings. The van der Waals surface area contributed by atoms with Crippen LogP contribution in [0.1, 0.15) is 0 Å². The molecule has 0 bridgehead atoms. The summed E-state index contributed by atoms with van der Waals surface area (Å²) in [6, 6.07) is 0. The Morgan fingerprint density at radius 2 is 1.25 bits per heavy atom. The van der Waals surface area contributed by atoms with Crippen LogP contribution in [-0.4, -0.2) is 38.1 Å². The summed E-state index contributed by atoms with van der Waals surface area (Å²) in [5.74, 6) is 0. The van der Waals surface area contributed by atoms with E-state index in [4.69, 9.17) is 11.1 Å². The minimum atomic E-state index is 0. The van der Waals surface area contributed by atoms with E-state index in [9.17, 15) is 0 Å². The smallest absolute Gasteiger partial charge is 0.109 e. The molecule has 0 fully saturated rings. The molecule has 0 spiro atoms.